The molecule has 0 bridgehead atoms. The third-order valence-corrected chi connectivity index (χ3v) is 8.61. The van der Waals surface area contributed by atoms with Crippen molar-refractivity contribution in [2.75, 3.05) is 32.6 Å². The van der Waals surface area contributed by atoms with Gasteiger partial charge in [-0.15, -0.1) is 0 Å². The Kier molecular flexibility index (Phi) is 18.4. The van der Waals surface area contributed by atoms with Gasteiger partial charge in [0, 0.05) is 37.1 Å². The van der Waals surface area contributed by atoms with Crippen molar-refractivity contribution in [3.05, 3.63) is 66.0 Å². The Morgan fingerprint density at radius 1 is 0.956 bits per heavy atom. The quantitative estimate of drug-likeness (QED) is 0.142. The number of pyridine rings is 1. The van der Waals surface area contributed by atoms with Gasteiger partial charge in [-0.3, -0.25) is 19.4 Å². The molecule has 1 aromatic heterocycles. The Hall–Kier alpha value is -2.99. The van der Waals surface area contributed by atoms with Gasteiger partial charge in [0.25, 0.3) is 11.8 Å². The van der Waals surface area contributed by atoms with Crippen molar-refractivity contribution in [2.45, 2.75) is 89.3 Å². The molecule has 0 aliphatic carbocycles. The van der Waals surface area contributed by atoms with E-state index in [0.717, 1.165) is 31.2 Å². The van der Waals surface area contributed by atoms with Crippen LogP contribution in [0.25, 0.3) is 0 Å². The number of ether oxygens (including phenoxy) is 2. The Balaban J connectivity index is 2.37. The van der Waals surface area contributed by atoms with E-state index in [4.69, 9.17) is 9.47 Å². The van der Waals surface area contributed by atoms with E-state index in [2.05, 4.69) is 34.8 Å². The van der Waals surface area contributed by atoms with Crippen LogP contribution in [-0.4, -0.2) is 90.0 Å². The minimum atomic E-state index is -1.39. The number of carbonyl (C=O) groups excluding carboxylic acids is 3. The van der Waals surface area contributed by atoms with Gasteiger partial charge in [-0.2, -0.15) is 11.8 Å². The van der Waals surface area contributed by atoms with E-state index in [1.807, 2.05) is 44.2 Å². The van der Waals surface area contributed by atoms with Crippen molar-refractivity contribution in [1.29, 1.82) is 0 Å². The fourth-order valence-corrected chi connectivity index (χ4v) is 6.23. The standard InChI is InChI=1S/C34H52N4O6S/c1-6-12-27(13-7-2)45-23-29(38-32(40)26-16-11-17-35-22-26)33(41)37-28(20-25-14-9-8-10-15-25)30(39)31(44-19-18-43-5)34(42)36-21-24(3)4/h8-11,14-17,22,24,27-31,39H,6-7,12-13,18-21,23H2,1-5H3,(H,36,42)(H,37,41)(H,38,40)/t28-,29?,30+,31+/m0/s1. The second kappa shape index (κ2) is 21.7. The number of thioether (sulfide) groups is 1. The minimum Gasteiger partial charge on any atom is -0.388 e. The van der Waals surface area contributed by atoms with E-state index in [1.165, 1.54) is 13.3 Å². The molecule has 0 radical (unpaired) electrons. The summed E-state index contributed by atoms with van der Waals surface area (Å²) < 4.78 is 10.9. The Morgan fingerprint density at radius 3 is 2.27 bits per heavy atom. The van der Waals surface area contributed by atoms with Crippen LogP contribution in [0.4, 0.5) is 0 Å². The van der Waals surface area contributed by atoms with Crippen LogP contribution < -0.4 is 16.0 Å². The molecule has 0 saturated heterocycles. The number of hydrogen-bond donors (Lipinski definition) is 4. The summed E-state index contributed by atoms with van der Waals surface area (Å²) in [6.07, 6.45) is 4.66. The van der Waals surface area contributed by atoms with Crippen LogP contribution >= 0.6 is 11.8 Å². The molecular formula is C34H52N4O6S. The SMILES string of the molecule is CCCC(CCC)SCC(NC(=O)c1cccnc1)C(=O)N[C@@H](Cc1ccccc1)[C@@H](O)[C@@H](OCCOC)C(=O)NCC(C)C. The Bertz CT molecular complexity index is 1120. The molecule has 4 atom stereocenters. The molecule has 11 heteroatoms. The number of rotatable bonds is 22. The van der Waals surface area contributed by atoms with E-state index >= 15 is 0 Å². The molecule has 2 rings (SSSR count). The third kappa shape index (κ3) is 14.3. The highest BCUT2D eigenvalue weighted by Crippen LogP contribution is 2.23. The lowest BCUT2D eigenvalue weighted by Gasteiger charge is -2.31. The number of hydrogen-bond acceptors (Lipinski definition) is 8. The van der Waals surface area contributed by atoms with Gasteiger partial charge in [0.15, 0.2) is 6.10 Å². The van der Waals surface area contributed by atoms with E-state index in [1.54, 1.807) is 30.1 Å². The van der Waals surface area contributed by atoms with Crippen LogP contribution in [0.3, 0.4) is 0 Å². The minimum absolute atomic E-state index is 0.0794. The van der Waals surface area contributed by atoms with Crippen molar-refractivity contribution in [3.63, 3.8) is 0 Å². The summed E-state index contributed by atoms with van der Waals surface area (Å²) in [7, 11) is 1.52. The second-order valence-corrected chi connectivity index (χ2v) is 12.9. The lowest BCUT2D eigenvalue weighted by Crippen LogP contribution is -2.59. The van der Waals surface area contributed by atoms with Crippen molar-refractivity contribution in [2.24, 2.45) is 5.92 Å². The normalized spacial score (nSPS) is 14.0. The summed E-state index contributed by atoms with van der Waals surface area (Å²) >= 11 is 1.66. The molecule has 45 heavy (non-hydrogen) atoms. The number of aliphatic hydroxyl groups excluding tert-OH is 1. The molecule has 10 nitrogen and oxygen atoms in total. The van der Waals surface area contributed by atoms with Crippen LogP contribution in [-0.2, 0) is 25.5 Å². The molecule has 1 unspecified atom stereocenters. The van der Waals surface area contributed by atoms with Gasteiger partial charge >= 0.3 is 0 Å². The molecule has 2 aromatic rings. The van der Waals surface area contributed by atoms with Crippen LogP contribution in [0, 0.1) is 5.92 Å². The highest BCUT2D eigenvalue weighted by molar-refractivity contribution is 7.99. The number of benzene rings is 1. The molecule has 1 aromatic carbocycles. The third-order valence-electron chi connectivity index (χ3n) is 7.14. The van der Waals surface area contributed by atoms with Gasteiger partial charge in [0.2, 0.25) is 5.91 Å². The first kappa shape index (κ1) is 38.2. The Morgan fingerprint density at radius 2 is 1.67 bits per heavy atom. The summed E-state index contributed by atoms with van der Waals surface area (Å²) in [5, 5.41) is 20.7. The number of nitrogens with zero attached hydrogens (tertiary/aromatic N) is 1. The van der Waals surface area contributed by atoms with Gasteiger partial charge < -0.3 is 30.5 Å². The molecule has 250 valence electrons. The molecule has 0 saturated carbocycles. The van der Waals surface area contributed by atoms with Gasteiger partial charge in [-0.05, 0) is 42.9 Å². The number of amides is 3. The zero-order valence-corrected chi connectivity index (χ0v) is 28.2. The van der Waals surface area contributed by atoms with Crippen molar-refractivity contribution >= 4 is 29.5 Å². The fourth-order valence-electron chi connectivity index (χ4n) is 4.72. The molecule has 0 aliphatic rings. The zero-order valence-electron chi connectivity index (χ0n) is 27.4. The largest absolute Gasteiger partial charge is 0.388 e. The molecule has 4 N–H and O–H groups in total. The number of aromatic nitrogens is 1. The predicted molar refractivity (Wildman–Crippen MR) is 179 cm³/mol. The highest BCUT2D eigenvalue weighted by atomic mass is 32.2. The molecule has 0 aliphatic heterocycles. The van der Waals surface area contributed by atoms with E-state index in [0.29, 0.717) is 23.1 Å². The van der Waals surface area contributed by atoms with Gasteiger partial charge in [0.05, 0.1) is 24.8 Å². The Labute approximate surface area is 272 Å². The maximum Gasteiger partial charge on any atom is 0.253 e. The first-order valence-corrected chi connectivity index (χ1v) is 17.0. The molecule has 0 spiro atoms. The molecule has 3 amide bonds. The zero-order chi connectivity index (χ0) is 33.0. The summed E-state index contributed by atoms with van der Waals surface area (Å²) in [6, 6.07) is 10.9. The average Bonchev–Trinajstić information content (AvgIpc) is 3.04. The number of nitrogens with one attached hydrogen (secondary N) is 3. The molecular weight excluding hydrogens is 592 g/mol. The van der Waals surface area contributed by atoms with Crippen LogP contribution in [0.2, 0.25) is 0 Å². The highest BCUT2D eigenvalue weighted by Gasteiger charge is 2.36. The topological polar surface area (TPSA) is 139 Å². The van der Waals surface area contributed by atoms with Gasteiger partial charge in [-0.25, -0.2) is 0 Å². The monoisotopic (exact) mass is 644 g/mol. The lowest BCUT2D eigenvalue weighted by molar-refractivity contribution is -0.145. The fraction of sp³-hybridized carbons (Fsp3) is 0.588. The summed E-state index contributed by atoms with van der Waals surface area (Å²) in [4.78, 5) is 44.4. The van der Waals surface area contributed by atoms with Crippen LogP contribution in [0.15, 0.2) is 54.9 Å². The van der Waals surface area contributed by atoms with Crippen molar-refractivity contribution < 1.29 is 29.0 Å². The maximum absolute atomic E-state index is 14.0. The molecule has 1 heterocycles. The lowest BCUT2D eigenvalue weighted by atomic mass is 9.96. The summed E-state index contributed by atoms with van der Waals surface area (Å²) in [5.41, 5.74) is 1.20. The van der Waals surface area contributed by atoms with E-state index in [-0.39, 0.29) is 25.6 Å². The number of carbonyl (C=O) groups is 3. The number of aliphatic hydroxyl groups is 1. The van der Waals surface area contributed by atoms with Crippen molar-refractivity contribution in [1.82, 2.24) is 20.9 Å². The first-order chi connectivity index (χ1) is 21.7. The summed E-state index contributed by atoms with van der Waals surface area (Å²) in [5.74, 6) is -0.806. The van der Waals surface area contributed by atoms with Crippen molar-refractivity contribution in [3.8, 4) is 0 Å². The average molecular weight is 645 g/mol. The van der Waals surface area contributed by atoms with E-state index in [9.17, 15) is 19.5 Å². The van der Waals surface area contributed by atoms with Crippen LogP contribution in [0.1, 0.15) is 69.3 Å². The molecule has 0 fully saturated rings. The van der Waals surface area contributed by atoms with E-state index < -0.39 is 42.0 Å². The predicted octanol–water partition coefficient (Wildman–Crippen LogP) is 3.77. The maximum atomic E-state index is 14.0. The second-order valence-electron chi connectivity index (χ2n) is 11.5. The summed E-state index contributed by atoms with van der Waals surface area (Å²) in [6.45, 7) is 8.93. The smallest absolute Gasteiger partial charge is 0.253 e. The first-order valence-electron chi connectivity index (χ1n) is 15.9. The van der Waals surface area contributed by atoms with Gasteiger partial charge in [-0.1, -0.05) is 70.9 Å². The number of methoxy groups -OCH3 is 1. The van der Waals surface area contributed by atoms with Crippen LogP contribution in [0.5, 0.6) is 0 Å². The van der Waals surface area contributed by atoms with Gasteiger partial charge in [0.1, 0.15) is 12.1 Å².